The highest BCUT2D eigenvalue weighted by atomic mass is 16.7. The van der Waals surface area contributed by atoms with Crippen molar-refractivity contribution in [2.75, 3.05) is 13.2 Å². The van der Waals surface area contributed by atoms with Gasteiger partial charge in [0.25, 0.3) is 0 Å². The number of hydrogen-bond donors (Lipinski definition) is 1. The van der Waals surface area contributed by atoms with Crippen molar-refractivity contribution in [3.8, 4) is 0 Å². The van der Waals surface area contributed by atoms with Crippen LogP contribution in [0.15, 0.2) is 0 Å². The average molecular weight is 157 g/mol. The van der Waals surface area contributed by atoms with Crippen molar-refractivity contribution in [2.24, 2.45) is 5.73 Å². The van der Waals surface area contributed by atoms with Gasteiger partial charge in [-0.25, -0.2) is 0 Å². The summed E-state index contributed by atoms with van der Waals surface area (Å²) in [6.07, 6.45) is -0.294. The molecule has 0 fully saturated rings. The topological polar surface area (TPSA) is 44.5 Å². The lowest BCUT2D eigenvalue weighted by Crippen LogP contribution is -2.54. The van der Waals surface area contributed by atoms with Gasteiger partial charge < -0.3 is 15.2 Å². The largest absolute Gasteiger partial charge is 0.353 e. The zero-order chi connectivity index (χ0) is 8.91. The van der Waals surface area contributed by atoms with Gasteiger partial charge in [-0.3, -0.25) is 0 Å². The van der Waals surface area contributed by atoms with Crippen LogP contribution in [0, 0.1) is 0 Å². The predicted molar refractivity (Wildman–Crippen MR) is 51.0 cm³/mol. The highest BCUT2D eigenvalue weighted by molar-refractivity contribution is 6.40. The highest BCUT2D eigenvalue weighted by Gasteiger charge is 2.25. The summed E-state index contributed by atoms with van der Waals surface area (Å²) in [5.74, 6) is 0. The zero-order valence-electron chi connectivity index (χ0n) is 7.89. The molecular weight excluding hydrogens is 140 g/mol. The lowest BCUT2D eigenvalue weighted by atomic mass is 9.62. The molecule has 0 aliphatic rings. The molecule has 0 amide bonds. The Balaban J connectivity index is 3.88. The molecule has 0 atom stereocenters. The Kier molecular flexibility index (Phi) is 4.81. The summed E-state index contributed by atoms with van der Waals surface area (Å²) in [5, 5.41) is -0.425. The molecule has 0 rings (SSSR count). The molecule has 0 aromatic rings. The van der Waals surface area contributed by atoms with E-state index >= 15 is 0 Å². The van der Waals surface area contributed by atoms with Crippen molar-refractivity contribution < 1.29 is 9.47 Å². The van der Waals surface area contributed by atoms with Gasteiger partial charge in [0.05, 0.1) is 0 Å². The second-order valence-electron chi connectivity index (χ2n) is 3.06. The van der Waals surface area contributed by atoms with E-state index in [4.69, 9.17) is 15.2 Å². The summed E-state index contributed by atoms with van der Waals surface area (Å²) in [6.45, 7) is 5.12. The summed E-state index contributed by atoms with van der Waals surface area (Å²) >= 11 is 0. The fourth-order valence-corrected chi connectivity index (χ4v) is 0.780. The second-order valence-corrected chi connectivity index (χ2v) is 3.06. The molecule has 0 radical (unpaired) electrons. The Morgan fingerprint density at radius 3 is 1.82 bits per heavy atom. The molecule has 0 aromatic heterocycles. The lowest BCUT2D eigenvalue weighted by Gasteiger charge is -2.29. The van der Waals surface area contributed by atoms with Crippen molar-refractivity contribution in [2.45, 2.75) is 25.5 Å². The molecule has 0 unspecified atom stereocenters. The monoisotopic (exact) mass is 157 g/mol. The van der Waals surface area contributed by atoms with E-state index in [9.17, 15) is 0 Å². The molecule has 5 heteroatoms. The van der Waals surface area contributed by atoms with Gasteiger partial charge in [0.15, 0.2) is 6.29 Å². The maximum Gasteiger partial charge on any atom is 0.160 e. The van der Waals surface area contributed by atoms with Crippen molar-refractivity contribution in [3.63, 3.8) is 0 Å². The fraction of sp³-hybridized carbons (Fsp3) is 1.00. The number of ether oxygens (including phenoxy) is 2. The van der Waals surface area contributed by atoms with Crippen LogP contribution in [-0.4, -0.2) is 40.5 Å². The van der Waals surface area contributed by atoms with Gasteiger partial charge in [-0.2, -0.15) is 0 Å². The Bertz CT molecular complexity index is 99.2. The van der Waals surface area contributed by atoms with E-state index in [1.165, 1.54) is 0 Å². The summed E-state index contributed by atoms with van der Waals surface area (Å²) < 4.78 is 10.6. The van der Waals surface area contributed by atoms with E-state index in [1.54, 1.807) is 0 Å². The van der Waals surface area contributed by atoms with Crippen LogP contribution in [0.2, 0.25) is 0 Å². The van der Waals surface area contributed by atoms with Gasteiger partial charge >= 0.3 is 0 Å². The summed E-state index contributed by atoms with van der Waals surface area (Å²) in [4.78, 5) is 0. The molecule has 0 aliphatic carbocycles. The first kappa shape index (κ1) is 11.0. The normalized spacial score (nSPS) is 12.4. The van der Waals surface area contributed by atoms with Crippen molar-refractivity contribution in [3.05, 3.63) is 0 Å². The van der Waals surface area contributed by atoms with Gasteiger partial charge in [-0.15, -0.1) is 0 Å². The Labute approximate surface area is 70.4 Å². The molecule has 0 saturated carbocycles. The summed E-state index contributed by atoms with van der Waals surface area (Å²) in [7, 11) is 3.78. The lowest BCUT2D eigenvalue weighted by molar-refractivity contribution is -0.143. The third kappa shape index (κ3) is 4.45. The minimum atomic E-state index is -0.425. The van der Waals surface area contributed by atoms with Crippen molar-refractivity contribution >= 4 is 15.7 Å². The smallest absolute Gasteiger partial charge is 0.160 e. The number of nitrogens with two attached hydrogens (primary N) is 1. The van der Waals surface area contributed by atoms with Crippen LogP contribution in [0.1, 0.15) is 13.8 Å². The maximum absolute atomic E-state index is 5.80. The van der Waals surface area contributed by atoms with E-state index in [0.29, 0.717) is 13.2 Å². The Morgan fingerprint density at radius 1 is 1.27 bits per heavy atom. The van der Waals surface area contributed by atoms with Crippen LogP contribution in [-0.2, 0) is 9.47 Å². The molecule has 0 spiro atoms. The van der Waals surface area contributed by atoms with Crippen LogP contribution in [0.5, 0.6) is 0 Å². The van der Waals surface area contributed by atoms with Gasteiger partial charge in [0, 0.05) is 18.6 Å². The number of hydrogen-bond acceptors (Lipinski definition) is 3. The van der Waals surface area contributed by atoms with E-state index in [0.717, 1.165) is 0 Å². The van der Waals surface area contributed by atoms with Gasteiger partial charge in [-0.1, -0.05) is 0 Å². The molecule has 2 N–H and O–H groups in total. The molecule has 0 aliphatic heterocycles. The quantitative estimate of drug-likeness (QED) is 0.380. The molecule has 0 heterocycles. The fourth-order valence-electron chi connectivity index (χ4n) is 0.780. The molecule has 3 nitrogen and oxygen atoms in total. The Morgan fingerprint density at radius 2 is 1.64 bits per heavy atom. The molecular formula is C6H17B2NO2. The van der Waals surface area contributed by atoms with Crippen LogP contribution in [0.3, 0.4) is 0 Å². The molecule has 11 heavy (non-hydrogen) atoms. The van der Waals surface area contributed by atoms with Crippen LogP contribution in [0.25, 0.3) is 0 Å². The number of rotatable bonds is 5. The average Bonchev–Trinajstić information content (AvgIpc) is 1.85. The van der Waals surface area contributed by atoms with Crippen LogP contribution >= 0.6 is 0 Å². The summed E-state index contributed by atoms with van der Waals surface area (Å²) in [5.41, 5.74) is 5.80. The maximum atomic E-state index is 5.80. The minimum Gasteiger partial charge on any atom is -0.353 e. The molecule has 0 bridgehead atoms. The first-order valence-corrected chi connectivity index (χ1v) is 4.04. The third-order valence-electron chi connectivity index (χ3n) is 1.24. The van der Waals surface area contributed by atoms with Crippen molar-refractivity contribution in [1.29, 1.82) is 0 Å². The van der Waals surface area contributed by atoms with Crippen molar-refractivity contribution in [1.82, 2.24) is 0 Å². The van der Waals surface area contributed by atoms with E-state index < -0.39 is 5.34 Å². The van der Waals surface area contributed by atoms with E-state index in [-0.39, 0.29) is 6.29 Å². The van der Waals surface area contributed by atoms with E-state index in [1.807, 2.05) is 29.5 Å². The zero-order valence-corrected chi connectivity index (χ0v) is 7.89. The van der Waals surface area contributed by atoms with Gasteiger partial charge in [-0.05, 0) is 13.8 Å². The van der Waals surface area contributed by atoms with Crippen LogP contribution in [0.4, 0.5) is 0 Å². The Hall–Kier alpha value is 0.00987. The second kappa shape index (κ2) is 4.80. The first-order chi connectivity index (χ1) is 5.02. The van der Waals surface area contributed by atoms with Crippen LogP contribution < -0.4 is 5.73 Å². The first-order valence-electron chi connectivity index (χ1n) is 4.04. The third-order valence-corrected chi connectivity index (χ3v) is 1.24. The minimum absolute atomic E-state index is 0.294. The molecule has 64 valence electrons. The van der Waals surface area contributed by atoms with Gasteiger partial charge in [0.2, 0.25) is 0 Å². The van der Waals surface area contributed by atoms with E-state index in [2.05, 4.69) is 0 Å². The molecule has 0 saturated heterocycles. The SMILES string of the molecule is BC(B)(N)C(OCC)OCC. The molecule has 0 aromatic carbocycles. The van der Waals surface area contributed by atoms with Gasteiger partial charge in [0.1, 0.15) is 15.7 Å². The standard InChI is InChI=1S/C6H17B2NO2/c1-3-10-5(11-4-2)6(7,8)9/h5H,3-4,7-9H2,1-2H3. The predicted octanol–water partition coefficient (Wildman–Crippen LogP) is -1.74. The summed E-state index contributed by atoms with van der Waals surface area (Å²) in [6, 6.07) is 0. The highest BCUT2D eigenvalue weighted by Crippen LogP contribution is 2.04.